The van der Waals surface area contributed by atoms with E-state index >= 15 is 0 Å². The van der Waals surface area contributed by atoms with E-state index in [2.05, 4.69) is 20.2 Å². The van der Waals surface area contributed by atoms with Crippen LogP contribution in [0.5, 0.6) is 11.5 Å². The zero-order valence-corrected chi connectivity index (χ0v) is 11.3. The standard InChI is InChI=1S/C13H15N5O2/c1-13(2)6-8-4-3-5-9(10(8)20-13)19-11(14)17-12-15-7-16-18-12/h3-5,7,12H,6H2,1-2H3,(H2,14,17). The van der Waals surface area contributed by atoms with Crippen LogP contribution in [0.15, 0.2) is 38.4 Å². The van der Waals surface area contributed by atoms with Gasteiger partial charge in [-0.15, -0.1) is 10.2 Å². The van der Waals surface area contributed by atoms with Gasteiger partial charge in [-0.05, 0) is 19.9 Å². The highest BCUT2D eigenvalue weighted by molar-refractivity contribution is 5.76. The van der Waals surface area contributed by atoms with E-state index in [1.807, 2.05) is 26.0 Å². The van der Waals surface area contributed by atoms with E-state index < -0.39 is 6.29 Å². The molecular weight excluding hydrogens is 258 g/mol. The Morgan fingerprint density at radius 2 is 2.35 bits per heavy atom. The van der Waals surface area contributed by atoms with Gasteiger partial charge in [0.15, 0.2) is 11.5 Å². The van der Waals surface area contributed by atoms with Gasteiger partial charge in [-0.2, -0.15) is 4.99 Å². The molecule has 0 bridgehead atoms. The molecule has 2 N–H and O–H groups in total. The molecule has 20 heavy (non-hydrogen) atoms. The summed E-state index contributed by atoms with van der Waals surface area (Å²) in [4.78, 5) is 7.87. The molecule has 0 saturated carbocycles. The van der Waals surface area contributed by atoms with Gasteiger partial charge in [-0.3, -0.25) is 0 Å². The predicted molar refractivity (Wildman–Crippen MR) is 74.2 cm³/mol. The fraction of sp³-hybridized carbons (Fsp3) is 0.385. The van der Waals surface area contributed by atoms with Gasteiger partial charge in [-0.1, -0.05) is 12.1 Å². The van der Waals surface area contributed by atoms with Crippen LogP contribution in [0.1, 0.15) is 19.4 Å². The van der Waals surface area contributed by atoms with Gasteiger partial charge in [0.25, 0.3) is 12.3 Å². The topological polar surface area (TPSA) is 93.9 Å². The molecule has 7 nitrogen and oxygen atoms in total. The molecule has 1 atom stereocenters. The monoisotopic (exact) mass is 273 g/mol. The van der Waals surface area contributed by atoms with Crippen LogP contribution < -0.4 is 15.2 Å². The number of nitrogens with zero attached hydrogens (tertiary/aromatic N) is 4. The number of aliphatic imine (C=N–C) groups is 2. The highest BCUT2D eigenvalue weighted by atomic mass is 16.5. The molecule has 0 amide bonds. The molecule has 2 aliphatic rings. The number of hydrogen-bond acceptors (Lipinski definition) is 6. The Morgan fingerprint density at radius 3 is 3.10 bits per heavy atom. The maximum Gasteiger partial charge on any atom is 0.291 e. The molecule has 2 aliphatic heterocycles. The number of azo groups is 1. The van der Waals surface area contributed by atoms with Crippen molar-refractivity contribution in [3.8, 4) is 11.5 Å². The third-order valence-corrected chi connectivity index (χ3v) is 2.93. The lowest BCUT2D eigenvalue weighted by molar-refractivity contribution is 0.135. The van der Waals surface area contributed by atoms with Crippen LogP contribution in [0.2, 0.25) is 0 Å². The normalized spacial score (nSPS) is 22.7. The molecule has 0 aromatic heterocycles. The molecule has 7 heteroatoms. The van der Waals surface area contributed by atoms with E-state index in [9.17, 15) is 0 Å². The van der Waals surface area contributed by atoms with Crippen LogP contribution in [-0.2, 0) is 6.42 Å². The molecule has 1 aromatic rings. The molecule has 0 spiro atoms. The fourth-order valence-corrected chi connectivity index (χ4v) is 2.19. The summed E-state index contributed by atoms with van der Waals surface area (Å²) in [5.41, 5.74) is 6.60. The van der Waals surface area contributed by atoms with Gasteiger partial charge in [0.05, 0.1) is 0 Å². The molecule has 0 saturated heterocycles. The zero-order valence-electron chi connectivity index (χ0n) is 11.3. The van der Waals surface area contributed by atoms with Crippen LogP contribution in [-0.4, -0.2) is 24.3 Å². The number of ether oxygens (including phenoxy) is 2. The summed E-state index contributed by atoms with van der Waals surface area (Å²) in [7, 11) is 0. The Bertz CT molecular complexity index is 609. The number of hydrogen-bond donors (Lipinski definition) is 1. The summed E-state index contributed by atoms with van der Waals surface area (Å²) < 4.78 is 11.4. The number of amidine groups is 1. The minimum absolute atomic E-state index is 0.0188. The minimum atomic E-state index is -0.649. The Morgan fingerprint density at radius 1 is 1.50 bits per heavy atom. The van der Waals surface area contributed by atoms with Crippen LogP contribution in [0.3, 0.4) is 0 Å². The lowest BCUT2D eigenvalue weighted by Crippen LogP contribution is -2.25. The molecule has 1 unspecified atom stereocenters. The van der Waals surface area contributed by atoms with E-state index in [1.165, 1.54) is 6.34 Å². The SMILES string of the molecule is CC1(C)Cc2cccc(O/C(N)=N/C3N=CN=N3)c2O1. The van der Waals surface area contributed by atoms with Crippen molar-refractivity contribution < 1.29 is 9.47 Å². The third kappa shape index (κ3) is 2.47. The highest BCUT2D eigenvalue weighted by Crippen LogP contribution is 2.41. The van der Waals surface area contributed by atoms with Crippen molar-refractivity contribution in [2.75, 3.05) is 0 Å². The molecule has 0 fully saturated rings. The smallest absolute Gasteiger partial charge is 0.291 e. The Labute approximate surface area is 116 Å². The van der Waals surface area contributed by atoms with Crippen molar-refractivity contribution in [1.82, 2.24) is 0 Å². The second-order valence-corrected chi connectivity index (χ2v) is 5.19. The van der Waals surface area contributed by atoms with E-state index in [0.29, 0.717) is 11.5 Å². The van der Waals surface area contributed by atoms with Crippen LogP contribution >= 0.6 is 0 Å². The summed E-state index contributed by atoms with van der Waals surface area (Å²) in [6, 6.07) is 5.69. The number of rotatable bonds is 2. The van der Waals surface area contributed by atoms with Crippen molar-refractivity contribution in [3.05, 3.63) is 23.8 Å². The van der Waals surface area contributed by atoms with Crippen LogP contribution in [0.25, 0.3) is 0 Å². The van der Waals surface area contributed by atoms with E-state index in [4.69, 9.17) is 15.2 Å². The van der Waals surface area contributed by atoms with Crippen molar-refractivity contribution in [1.29, 1.82) is 0 Å². The minimum Gasteiger partial charge on any atom is -0.483 e. The average Bonchev–Trinajstić information content (AvgIpc) is 2.95. The molecule has 0 radical (unpaired) electrons. The Balaban J connectivity index is 1.81. The lowest BCUT2D eigenvalue weighted by atomic mass is 10.0. The van der Waals surface area contributed by atoms with Crippen molar-refractivity contribution in [3.63, 3.8) is 0 Å². The first-order valence-electron chi connectivity index (χ1n) is 6.27. The number of benzene rings is 1. The molecule has 0 aliphatic carbocycles. The predicted octanol–water partition coefficient (Wildman–Crippen LogP) is 1.87. The fourth-order valence-electron chi connectivity index (χ4n) is 2.19. The maximum atomic E-state index is 5.89. The maximum absolute atomic E-state index is 5.89. The highest BCUT2D eigenvalue weighted by Gasteiger charge is 2.32. The van der Waals surface area contributed by atoms with Gasteiger partial charge in [0, 0.05) is 12.0 Å². The zero-order chi connectivity index (χ0) is 14.2. The lowest BCUT2D eigenvalue weighted by Gasteiger charge is -2.18. The van der Waals surface area contributed by atoms with Crippen LogP contribution in [0, 0.1) is 0 Å². The summed E-state index contributed by atoms with van der Waals surface area (Å²) in [6.07, 6.45) is 1.51. The van der Waals surface area contributed by atoms with E-state index in [1.54, 1.807) is 6.07 Å². The summed E-state index contributed by atoms with van der Waals surface area (Å²) in [6.45, 7) is 4.06. The van der Waals surface area contributed by atoms with Crippen molar-refractivity contribution in [2.24, 2.45) is 25.9 Å². The first-order valence-corrected chi connectivity index (χ1v) is 6.27. The van der Waals surface area contributed by atoms with Gasteiger partial charge < -0.3 is 15.2 Å². The number of para-hydroxylation sites is 1. The third-order valence-electron chi connectivity index (χ3n) is 2.93. The van der Waals surface area contributed by atoms with Crippen molar-refractivity contribution in [2.45, 2.75) is 32.2 Å². The summed E-state index contributed by atoms with van der Waals surface area (Å²) in [5.74, 6) is 1.26. The average molecular weight is 273 g/mol. The van der Waals surface area contributed by atoms with Gasteiger partial charge in [-0.25, -0.2) is 4.99 Å². The molecule has 2 heterocycles. The van der Waals surface area contributed by atoms with Gasteiger partial charge in [0.2, 0.25) is 0 Å². The summed E-state index contributed by atoms with van der Waals surface area (Å²) >= 11 is 0. The first kappa shape index (κ1) is 12.6. The molecule has 104 valence electrons. The molecule has 1 aromatic carbocycles. The Kier molecular flexibility index (Phi) is 2.89. The molecular formula is C13H15N5O2. The first-order chi connectivity index (χ1) is 9.53. The van der Waals surface area contributed by atoms with Crippen LogP contribution in [0.4, 0.5) is 0 Å². The second-order valence-electron chi connectivity index (χ2n) is 5.19. The quantitative estimate of drug-likeness (QED) is 0.658. The Hall–Kier alpha value is -2.44. The number of nitrogens with two attached hydrogens (primary N) is 1. The van der Waals surface area contributed by atoms with E-state index in [0.717, 1.165) is 12.0 Å². The van der Waals surface area contributed by atoms with Gasteiger partial charge >= 0.3 is 0 Å². The van der Waals surface area contributed by atoms with E-state index in [-0.39, 0.29) is 11.6 Å². The van der Waals surface area contributed by atoms with Crippen molar-refractivity contribution >= 4 is 12.4 Å². The van der Waals surface area contributed by atoms with Gasteiger partial charge in [0.1, 0.15) is 11.9 Å². The molecule has 3 rings (SSSR count). The second kappa shape index (κ2) is 4.59. The number of fused-ring (bicyclic) bond motifs is 1. The summed E-state index contributed by atoms with van der Waals surface area (Å²) in [5, 5.41) is 7.33. The largest absolute Gasteiger partial charge is 0.483 e.